The standard InChI is InChI=1S/C6H15N3O6S/c7-5(6(12)13)1-9(16(8,14)15)4(2-10)3-11/h4-5,10-11H,1-3,7H2,(H,12,13)(H2,8,14,15). The first-order chi connectivity index (χ1) is 7.23. The molecule has 9 nitrogen and oxygen atoms in total. The van der Waals surface area contributed by atoms with Crippen molar-refractivity contribution in [2.45, 2.75) is 12.1 Å². The van der Waals surface area contributed by atoms with Crippen LogP contribution in [0.1, 0.15) is 0 Å². The summed E-state index contributed by atoms with van der Waals surface area (Å²) in [5, 5.41) is 30.9. The van der Waals surface area contributed by atoms with Crippen molar-refractivity contribution in [2.75, 3.05) is 19.8 Å². The van der Waals surface area contributed by atoms with Crippen LogP contribution in [-0.2, 0) is 15.0 Å². The number of hydrogen-bond donors (Lipinski definition) is 5. The quantitative estimate of drug-likeness (QED) is 0.312. The van der Waals surface area contributed by atoms with E-state index in [9.17, 15) is 13.2 Å². The summed E-state index contributed by atoms with van der Waals surface area (Å²) in [5.41, 5.74) is 5.14. The molecule has 96 valence electrons. The molecule has 0 fully saturated rings. The zero-order valence-electron chi connectivity index (χ0n) is 8.35. The van der Waals surface area contributed by atoms with Crippen molar-refractivity contribution in [3.8, 4) is 0 Å². The van der Waals surface area contributed by atoms with E-state index in [1.165, 1.54) is 0 Å². The maximum absolute atomic E-state index is 11.1. The van der Waals surface area contributed by atoms with Crippen LogP contribution >= 0.6 is 0 Å². The van der Waals surface area contributed by atoms with Crippen molar-refractivity contribution in [3.63, 3.8) is 0 Å². The number of carboxylic acids is 1. The van der Waals surface area contributed by atoms with E-state index < -0.39 is 48.0 Å². The van der Waals surface area contributed by atoms with Crippen molar-refractivity contribution in [1.29, 1.82) is 0 Å². The molecular formula is C6H15N3O6S. The first kappa shape index (κ1) is 15.2. The lowest BCUT2D eigenvalue weighted by molar-refractivity contribution is -0.138. The van der Waals surface area contributed by atoms with Crippen LogP contribution in [0.4, 0.5) is 0 Å². The van der Waals surface area contributed by atoms with Crippen LogP contribution in [0, 0.1) is 0 Å². The van der Waals surface area contributed by atoms with Gasteiger partial charge in [0.15, 0.2) is 0 Å². The van der Waals surface area contributed by atoms with Crippen molar-refractivity contribution >= 4 is 16.2 Å². The Bertz CT molecular complexity index is 327. The Balaban J connectivity index is 4.90. The highest BCUT2D eigenvalue weighted by Crippen LogP contribution is 2.04. The second-order valence-corrected chi connectivity index (χ2v) is 4.58. The molecule has 0 aliphatic carbocycles. The lowest BCUT2D eigenvalue weighted by Crippen LogP contribution is -2.53. The molecule has 0 rings (SSSR count). The molecule has 16 heavy (non-hydrogen) atoms. The molecule has 0 aromatic rings. The fraction of sp³-hybridized carbons (Fsp3) is 0.833. The third-order valence-corrected chi connectivity index (χ3v) is 2.95. The molecule has 0 aromatic carbocycles. The molecule has 0 radical (unpaired) electrons. The Morgan fingerprint density at radius 2 is 1.75 bits per heavy atom. The van der Waals surface area contributed by atoms with Crippen LogP contribution in [0.2, 0.25) is 0 Å². The molecule has 1 unspecified atom stereocenters. The molecule has 0 saturated heterocycles. The van der Waals surface area contributed by atoms with Crippen LogP contribution in [0.5, 0.6) is 0 Å². The van der Waals surface area contributed by atoms with E-state index in [0.717, 1.165) is 0 Å². The van der Waals surface area contributed by atoms with E-state index in [-0.39, 0.29) is 0 Å². The molecule has 0 heterocycles. The van der Waals surface area contributed by atoms with Gasteiger partial charge in [0.05, 0.1) is 19.3 Å². The van der Waals surface area contributed by atoms with Crippen LogP contribution in [0.25, 0.3) is 0 Å². The van der Waals surface area contributed by atoms with E-state index in [1.807, 2.05) is 0 Å². The average Bonchev–Trinajstić information content (AvgIpc) is 2.16. The Morgan fingerprint density at radius 3 is 2.00 bits per heavy atom. The van der Waals surface area contributed by atoms with Crippen molar-refractivity contribution in [2.24, 2.45) is 10.9 Å². The molecule has 0 amide bonds. The molecule has 10 heteroatoms. The number of carbonyl (C=O) groups is 1. The Morgan fingerprint density at radius 1 is 1.31 bits per heavy atom. The maximum atomic E-state index is 11.1. The number of rotatable bonds is 7. The number of hydrogen-bond acceptors (Lipinski definition) is 6. The molecule has 1 atom stereocenters. The molecule has 0 bridgehead atoms. The number of aliphatic hydroxyl groups is 2. The largest absolute Gasteiger partial charge is 0.480 e. The Kier molecular flexibility index (Phi) is 5.78. The highest BCUT2D eigenvalue weighted by Gasteiger charge is 2.30. The van der Waals surface area contributed by atoms with Gasteiger partial charge in [0, 0.05) is 6.54 Å². The lowest BCUT2D eigenvalue weighted by Gasteiger charge is -2.27. The highest BCUT2D eigenvalue weighted by atomic mass is 32.2. The van der Waals surface area contributed by atoms with Gasteiger partial charge in [-0.2, -0.15) is 12.7 Å². The maximum Gasteiger partial charge on any atom is 0.321 e. The molecule has 0 aliphatic heterocycles. The second kappa shape index (κ2) is 6.08. The molecule has 0 aliphatic rings. The lowest BCUT2D eigenvalue weighted by atomic mass is 10.2. The first-order valence-corrected chi connectivity index (χ1v) is 5.74. The van der Waals surface area contributed by atoms with E-state index in [4.69, 9.17) is 26.2 Å². The topological polar surface area (TPSA) is 167 Å². The summed E-state index contributed by atoms with van der Waals surface area (Å²) >= 11 is 0. The van der Waals surface area contributed by atoms with Crippen molar-refractivity contribution in [3.05, 3.63) is 0 Å². The fourth-order valence-electron chi connectivity index (χ4n) is 0.973. The molecule has 7 N–H and O–H groups in total. The predicted molar refractivity (Wildman–Crippen MR) is 53.4 cm³/mol. The van der Waals surface area contributed by atoms with Gasteiger partial charge in [-0.3, -0.25) is 4.79 Å². The summed E-state index contributed by atoms with van der Waals surface area (Å²) in [4.78, 5) is 10.4. The Labute approximate surface area is 92.4 Å². The summed E-state index contributed by atoms with van der Waals surface area (Å²) in [6.45, 7) is -2.02. The highest BCUT2D eigenvalue weighted by molar-refractivity contribution is 7.86. The zero-order chi connectivity index (χ0) is 12.9. The second-order valence-electron chi connectivity index (χ2n) is 3.08. The predicted octanol–water partition coefficient (Wildman–Crippen LogP) is -3.74. The van der Waals surface area contributed by atoms with Crippen LogP contribution < -0.4 is 10.9 Å². The summed E-state index contributed by atoms with van der Waals surface area (Å²) in [5.74, 6) is -1.41. The van der Waals surface area contributed by atoms with Crippen LogP contribution in [0.15, 0.2) is 0 Å². The molecular weight excluding hydrogens is 242 g/mol. The Hall–Kier alpha value is -0.780. The molecule has 0 saturated carbocycles. The van der Waals surface area contributed by atoms with Gasteiger partial charge in [0.25, 0.3) is 10.2 Å². The van der Waals surface area contributed by atoms with Gasteiger partial charge in [-0.1, -0.05) is 0 Å². The number of nitrogens with two attached hydrogens (primary N) is 2. The summed E-state index contributed by atoms with van der Waals surface area (Å²) in [6, 6.07) is -2.70. The van der Waals surface area contributed by atoms with E-state index in [2.05, 4.69) is 0 Å². The normalized spacial score (nSPS) is 14.4. The SMILES string of the molecule is NC(CN(C(CO)CO)S(N)(=O)=O)C(=O)O. The monoisotopic (exact) mass is 257 g/mol. The van der Waals surface area contributed by atoms with Gasteiger partial charge in [0.2, 0.25) is 0 Å². The number of carboxylic acid groups (broad SMARTS) is 1. The van der Waals surface area contributed by atoms with Crippen molar-refractivity contribution < 1.29 is 28.5 Å². The molecule has 0 spiro atoms. The van der Waals surface area contributed by atoms with Gasteiger partial charge in [-0.25, -0.2) is 5.14 Å². The van der Waals surface area contributed by atoms with Gasteiger partial charge in [-0.15, -0.1) is 0 Å². The number of aliphatic hydroxyl groups excluding tert-OH is 2. The third-order valence-electron chi connectivity index (χ3n) is 1.85. The third kappa shape index (κ3) is 4.38. The summed E-state index contributed by atoms with van der Waals surface area (Å²) < 4.78 is 22.6. The molecule has 0 aromatic heterocycles. The van der Waals surface area contributed by atoms with E-state index in [0.29, 0.717) is 4.31 Å². The first-order valence-electron chi connectivity index (χ1n) is 4.23. The van der Waals surface area contributed by atoms with Gasteiger partial charge < -0.3 is 21.1 Å². The fourth-order valence-corrected chi connectivity index (χ4v) is 1.89. The number of aliphatic carboxylic acids is 1. The van der Waals surface area contributed by atoms with Crippen molar-refractivity contribution in [1.82, 2.24) is 4.31 Å². The van der Waals surface area contributed by atoms with Gasteiger partial charge >= 0.3 is 5.97 Å². The number of nitrogens with zero attached hydrogens (tertiary/aromatic N) is 1. The van der Waals surface area contributed by atoms with Gasteiger partial charge in [-0.05, 0) is 0 Å². The van der Waals surface area contributed by atoms with Crippen LogP contribution in [0.3, 0.4) is 0 Å². The minimum atomic E-state index is -4.25. The van der Waals surface area contributed by atoms with E-state index >= 15 is 0 Å². The zero-order valence-corrected chi connectivity index (χ0v) is 9.17. The minimum Gasteiger partial charge on any atom is -0.480 e. The minimum absolute atomic E-state index is 0.450. The van der Waals surface area contributed by atoms with Crippen LogP contribution in [-0.4, -0.2) is 65.9 Å². The smallest absolute Gasteiger partial charge is 0.321 e. The summed E-state index contributed by atoms with van der Waals surface area (Å²) in [6.07, 6.45) is 0. The summed E-state index contributed by atoms with van der Waals surface area (Å²) in [7, 11) is -4.25. The average molecular weight is 257 g/mol. The van der Waals surface area contributed by atoms with E-state index in [1.54, 1.807) is 0 Å². The van der Waals surface area contributed by atoms with Gasteiger partial charge in [0.1, 0.15) is 6.04 Å².